The lowest BCUT2D eigenvalue weighted by molar-refractivity contribution is 0.482. The van der Waals surface area contributed by atoms with E-state index in [4.69, 9.17) is 0 Å². The average Bonchev–Trinajstić information content (AvgIpc) is 2.53. The molecule has 1 N–H and O–H groups in total. The molecule has 0 saturated heterocycles. The van der Waals surface area contributed by atoms with Gasteiger partial charge in [-0.25, -0.2) is 4.39 Å². The van der Waals surface area contributed by atoms with E-state index in [0.29, 0.717) is 5.30 Å². The van der Waals surface area contributed by atoms with Gasteiger partial charge in [-0.05, 0) is 24.1 Å². The van der Waals surface area contributed by atoms with E-state index in [-0.39, 0.29) is 20.1 Å². The molecule has 1 nitrogen and oxygen atoms in total. The van der Waals surface area contributed by atoms with Crippen molar-refractivity contribution in [2.45, 2.75) is 6.92 Å². The molecule has 0 saturated carbocycles. The zero-order valence-electron chi connectivity index (χ0n) is 12.2. The van der Waals surface area contributed by atoms with Crippen LogP contribution < -0.4 is 10.6 Å². The number of hydrogen-bond donors (Lipinski definition) is 1. The van der Waals surface area contributed by atoms with Gasteiger partial charge in [0.05, 0.1) is 0 Å². The third-order valence-electron chi connectivity index (χ3n) is 3.60. The first-order valence-corrected chi connectivity index (χ1v) is 8.06. The van der Waals surface area contributed by atoms with Crippen LogP contribution in [0.4, 0.5) is 4.39 Å². The maximum Gasteiger partial charge on any atom is 0.131 e. The molecule has 0 aliphatic heterocycles. The SMILES string of the molecule is Cc1cccc(F)c1Pc1cccc(-c2ccccc2)c1O. The number of benzene rings is 3. The van der Waals surface area contributed by atoms with Gasteiger partial charge in [0.15, 0.2) is 0 Å². The predicted octanol–water partition coefficient (Wildman–Crippen LogP) is 4.14. The Labute approximate surface area is 131 Å². The minimum Gasteiger partial charge on any atom is -0.507 e. The number of halogens is 1. The molecule has 3 aromatic carbocycles. The molecule has 3 aromatic rings. The highest BCUT2D eigenvalue weighted by molar-refractivity contribution is 7.56. The second-order valence-corrected chi connectivity index (χ2v) is 6.41. The Bertz CT molecular complexity index is 780. The summed E-state index contributed by atoms with van der Waals surface area (Å²) in [5, 5.41) is 12.0. The van der Waals surface area contributed by atoms with E-state index >= 15 is 0 Å². The monoisotopic (exact) mass is 310 g/mol. The molecule has 1 atom stereocenters. The Balaban J connectivity index is 2.03. The number of rotatable bonds is 3. The van der Waals surface area contributed by atoms with Gasteiger partial charge < -0.3 is 5.11 Å². The summed E-state index contributed by atoms with van der Waals surface area (Å²) >= 11 is 0. The first-order valence-electron chi connectivity index (χ1n) is 7.06. The van der Waals surface area contributed by atoms with Crippen molar-refractivity contribution < 1.29 is 9.50 Å². The Morgan fingerprint density at radius 3 is 2.32 bits per heavy atom. The molecule has 0 radical (unpaired) electrons. The van der Waals surface area contributed by atoms with Crippen molar-refractivity contribution in [1.82, 2.24) is 0 Å². The minimum absolute atomic E-state index is 0.0895. The van der Waals surface area contributed by atoms with Crippen molar-refractivity contribution in [3.63, 3.8) is 0 Å². The van der Waals surface area contributed by atoms with Gasteiger partial charge in [-0.1, -0.05) is 69.2 Å². The van der Waals surface area contributed by atoms with E-state index < -0.39 is 0 Å². The molecule has 0 bridgehead atoms. The first-order chi connectivity index (χ1) is 10.7. The van der Waals surface area contributed by atoms with Gasteiger partial charge in [0.1, 0.15) is 11.6 Å². The molecule has 0 amide bonds. The van der Waals surface area contributed by atoms with Gasteiger partial charge in [0.25, 0.3) is 0 Å². The lowest BCUT2D eigenvalue weighted by Gasteiger charge is -2.12. The van der Waals surface area contributed by atoms with Gasteiger partial charge in [-0.15, -0.1) is 0 Å². The first kappa shape index (κ1) is 14.7. The summed E-state index contributed by atoms with van der Waals surface area (Å²) in [6.45, 7) is 1.89. The number of para-hydroxylation sites is 1. The van der Waals surface area contributed by atoms with Crippen molar-refractivity contribution in [1.29, 1.82) is 0 Å². The number of phenols is 1. The summed E-state index contributed by atoms with van der Waals surface area (Å²) in [5.74, 6) is 0.0116. The highest BCUT2D eigenvalue weighted by atomic mass is 31.1. The van der Waals surface area contributed by atoms with E-state index in [1.165, 1.54) is 6.07 Å². The number of hydrogen-bond acceptors (Lipinski definition) is 1. The third-order valence-corrected chi connectivity index (χ3v) is 5.16. The zero-order chi connectivity index (χ0) is 15.5. The minimum atomic E-state index is -0.220. The molecule has 0 aliphatic carbocycles. The van der Waals surface area contributed by atoms with Gasteiger partial charge >= 0.3 is 0 Å². The smallest absolute Gasteiger partial charge is 0.131 e. The normalized spacial score (nSPS) is 11.2. The topological polar surface area (TPSA) is 20.2 Å². The van der Waals surface area contributed by atoms with Crippen LogP contribution in [0.15, 0.2) is 66.7 Å². The van der Waals surface area contributed by atoms with Gasteiger partial charge in [-0.2, -0.15) is 0 Å². The molecule has 0 fully saturated rings. The van der Waals surface area contributed by atoms with Gasteiger partial charge in [0.2, 0.25) is 0 Å². The maximum absolute atomic E-state index is 14.0. The highest BCUT2D eigenvalue weighted by Crippen LogP contribution is 2.31. The van der Waals surface area contributed by atoms with Crippen LogP contribution in [0.3, 0.4) is 0 Å². The lowest BCUT2D eigenvalue weighted by Crippen LogP contribution is -2.11. The quantitative estimate of drug-likeness (QED) is 0.721. The summed E-state index contributed by atoms with van der Waals surface area (Å²) in [6, 6.07) is 20.4. The summed E-state index contributed by atoms with van der Waals surface area (Å²) in [6.07, 6.45) is 0. The highest BCUT2D eigenvalue weighted by Gasteiger charge is 2.12. The maximum atomic E-state index is 14.0. The Hall–Kier alpha value is -2.18. The van der Waals surface area contributed by atoms with Crippen molar-refractivity contribution in [2.75, 3.05) is 0 Å². The molecule has 0 aromatic heterocycles. The Morgan fingerprint density at radius 1 is 0.864 bits per heavy atom. The number of aryl methyl sites for hydroxylation is 1. The van der Waals surface area contributed by atoms with E-state index in [1.807, 2.05) is 61.5 Å². The van der Waals surface area contributed by atoms with Crippen molar-refractivity contribution >= 4 is 19.2 Å². The molecule has 0 heterocycles. The molecule has 1 unspecified atom stereocenters. The molecular formula is C19H16FOP. The fourth-order valence-corrected chi connectivity index (χ4v) is 3.61. The van der Waals surface area contributed by atoms with Crippen LogP contribution in [0.5, 0.6) is 5.75 Å². The molecule has 3 rings (SSSR count). The molecule has 3 heteroatoms. The van der Waals surface area contributed by atoms with Crippen LogP contribution in [-0.4, -0.2) is 5.11 Å². The van der Waals surface area contributed by atoms with Gasteiger partial charge in [-0.3, -0.25) is 0 Å². The summed E-state index contributed by atoms with van der Waals surface area (Å²) in [4.78, 5) is 0. The van der Waals surface area contributed by atoms with E-state index in [1.54, 1.807) is 6.07 Å². The largest absolute Gasteiger partial charge is 0.507 e. The lowest BCUT2D eigenvalue weighted by atomic mass is 10.1. The second-order valence-electron chi connectivity index (χ2n) is 5.12. The van der Waals surface area contributed by atoms with Crippen LogP contribution >= 0.6 is 8.58 Å². The third kappa shape index (κ3) is 2.88. The molecule has 110 valence electrons. The average molecular weight is 310 g/mol. The van der Waals surface area contributed by atoms with E-state index in [9.17, 15) is 9.50 Å². The molecule has 0 aliphatic rings. The Kier molecular flexibility index (Phi) is 4.22. The molecular weight excluding hydrogens is 294 g/mol. The summed E-state index contributed by atoms with van der Waals surface area (Å²) in [5.41, 5.74) is 2.64. The van der Waals surface area contributed by atoms with Crippen LogP contribution in [0, 0.1) is 12.7 Å². The number of phenolic OH excluding ortho intramolecular Hbond substituents is 1. The molecule has 22 heavy (non-hydrogen) atoms. The fraction of sp³-hybridized carbons (Fsp3) is 0.0526. The summed E-state index contributed by atoms with van der Waals surface area (Å²) < 4.78 is 14.0. The van der Waals surface area contributed by atoms with Gasteiger partial charge in [0, 0.05) is 16.2 Å². The van der Waals surface area contributed by atoms with E-state index in [0.717, 1.165) is 22.0 Å². The summed E-state index contributed by atoms with van der Waals surface area (Å²) in [7, 11) is 0.0895. The van der Waals surface area contributed by atoms with Crippen molar-refractivity contribution in [2.24, 2.45) is 0 Å². The van der Waals surface area contributed by atoms with Crippen LogP contribution in [0.2, 0.25) is 0 Å². The standard InChI is InChI=1S/C19H16FOP/c1-13-7-5-11-16(20)19(13)22-17-12-6-10-15(18(17)21)14-8-3-2-4-9-14/h2-12,21-22H,1H3. The van der Waals surface area contributed by atoms with Crippen LogP contribution in [-0.2, 0) is 0 Å². The second kappa shape index (κ2) is 6.29. The Morgan fingerprint density at radius 2 is 1.59 bits per heavy atom. The van der Waals surface area contributed by atoms with E-state index in [2.05, 4.69) is 0 Å². The van der Waals surface area contributed by atoms with Crippen molar-refractivity contribution in [3.05, 3.63) is 78.1 Å². The van der Waals surface area contributed by atoms with Crippen LogP contribution in [0.1, 0.15) is 5.56 Å². The van der Waals surface area contributed by atoms with Crippen molar-refractivity contribution in [3.8, 4) is 16.9 Å². The zero-order valence-corrected chi connectivity index (χ0v) is 13.2. The fourth-order valence-electron chi connectivity index (χ4n) is 2.42. The van der Waals surface area contributed by atoms with Crippen LogP contribution in [0.25, 0.3) is 11.1 Å². The molecule has 0 spiro atoms. The predicted molar refractivity (Wildman–Crippen MR) is 92.3 cm³/mol. The number of aromatic hydroxyl groups is 1.